The summed E-state index contributed by atoms with van der Waals surface area (Å²) in [5.41, 5.74) is 8.70. The minimum Gasteiger partial charge on any atom is -0.371 e. The quantitative estimate of drug-likeness (QED) is 0.887. The lowest BCUT2D eigenvalue weighted by atomic mass is 10.00. The third kappa shape index (κ3) is 3.16. The average molecular weight is 247 g/mol. The van der Waals surface area contributed by atoms with Crippen molar-refractivity contribution in [2.75, 3.05) is 36.5 Å². The molecule has 0 aliphatic carbocycles. The zero-order valence-corrected chi connectivity index (χ0v) is 11.8. The van der Waals surface area contributed by atoms with Gasteiger partial charge in [0.1, 0.15) is 0 Å². The maximum atomic E-state index is 6.04. The first-order valence-corrected chi connectivity index (χ1v) is 6.81. The number of fused-ring (bicyclic) bond motifs is 1. The van der Waals surface area contributed by atoms with Gasteiger partial charge in [-0.05, 0) is 38.8 Å². The van der Waals surface area contributed by atoms with E-state index in [0.717, 1.165) is 32.5 Å². The first-order valence-electron chi connectivity index (χ1n) is 6.81. The highest BCUT2D eigenvalue weighted by Crippen LogP contribution is 2.31. The summed E-state index contributed by atoms with van der Waals surface area (Å²) in [6.45, 7) is 7.52. The molecule has 1 aliphatic heterocycles. The fourth-order valence-electron chi connectivity index (χ4n) is 2.52. The minimum absolute atomic E-state index is 0.0495. The van der Waals surface area contributed by atoms with Crippen LogP contribution < -0.4 is 15.5 Å². The summed E-state index contributed by atoms with van der Waals surface area (Å²) in [7, 11) is 2.17. The number of benzene rings is 1. The summed E-state index contributed by atoms with van der Waals surface area (Å²) in [5, 5.41) is 0. The number of para-hydroxylation sites is 2. The van der Waals surface area contributed by atoms with Crippen molar-refractivity contribution >= 4 is 11.4 Å². The molecule has 1 heterocycles. The van der Waals surface area contributed by atoms with Crippen molar-refractivity contribution in [1.29, 1.82) is 0 Å². The molecule has 0 radical (unpaired) electrons. The fourth-order valence-corrected chi connectivity index (χ4v) is 2.52. The number of rotatable bonds is 4. The Hall–Kier alpha value is -1.22. The molecule has 0 aromatic heterocycles. The lowest BCUT2D eigenvalue weighted by molar-refractivity contribution is 0.457. The molecule has 18 heavy (non-hydrogen) atoms. The van der Waals surface area contributed by atoms with E-state index in [1.165, 1.54) is 11.4 Å². The maximum Gasteiger partial charge on any atom is 0.0604 e. The number of hydrogen-bond donors (Lipinski definition) is 1. The summed E-state index contributed by atoms with van der Waals surface area (Å²) >= 11 is 0. The first kappa shape index (κ1) is 13.2. The van der Waals surface area contributed by atoms with Gasteiger partial charge in [0.2, 0.25) is 0 Å². The fraction of sp³-hybridized carbons (Fsp3) is 0.600. The SMILES string of the molecule is CN1CCN(CCCC(C)(C)N)c2ccccc21. The van der Waals surface area contributed by atoms with Gasteiger partial charge in [-0.2, -0.15) is 0 Å². The summed E-state index contributed by atoms with van der Waals surface area (Å²) in [6.07, 6.45) is 2.23. The van der Waals surface area contributed by atoms with Gasteiger partial charge < -0.3 is 15.5 Å². The van der Waals surface area contributed by atoms with Gasteiger partial charge in [-0.1, -0.05) is 12.1 Å². The van der Waals surface area contributed by atoms with Crippen LogP contribution in [0.2, 0.25) is 0 Å². The summed E-state index contributed by atoms with van der Waals surface area (Å²) in [6, 6.07) is 8.66. The van der Waals surface area contributed by atoms with E-state index in [-0.39, 0.29) is 5.54 Å². The van der Waals surface area contributed by atoms with Crippen molar-refractivity contribution in [1.82, 2.24) is 0 Å². The summed E-state index contributed by atoms with van der Waals surface area (Å²) in [4.78, 5) is 4.82. The largest absolute Gasteiger partial charge is 0.371 e. The molecule has 2 rings (SSSR count). The lowest BCUT2D eigenvalue weighted by Crippen LogP contribution is -2.40. The number of likely N-dealkylation sites (N-methyl/N-ethyl adjacent to an activating group) is 1. The number of hydrogen-bond acceptors (Lipinski definition) is 3. The number of anilines is 2. The third-order valence-corrected chi connectivity index (χ3v) is 3.59. The molecule has 1 aromatic rings. The van der Waals surface area contributed by atoms with Gasteiger partial charge in [-0.15, -0.1) is 0 Å². The van der Waals surface area contributed by atoms with Crippen LogP contribution in [0, 0.1) is 0 Å². The Morgan fingerprint density at radius 2 is 1.83 bits per heavy atom. The highest BCUT2D eigenvalue weighted by atomic mass is 15.2. The Morgan fingerprint density at radius 1 is 1.17 bits per heavy atom. The van der Waals surface area contributed by atoms with Crippen molar-refractivity contribution in [3.8, 4) is 0 Å². The van der Waals surface area contributed by atoms with Crippen molar-refractivity contribution in [2.24, 2.45) is 5.73 Å². The molecule has 100 valence electrons. The molecule has 0 fully saturated rings. The molecule has 2 N–H and O–H groups in total. The predicted octanol–water partition coefficient (Wildman–Crippen LogP) is 2.46. The molecule has 0 saturated carbocycles. The van der Waals surface area contributed by atoms with Gasteiger partial charge in [-0.25, -0.2) is 0 Å². The van der Waals surface area contributed by atoms with Crippen LogP contribution >= 0.6 is 0 Å². The van der Waals surface area contributed by atoms with E-state index in [4.69, 9.17) is 5.73 Å². The van der Waals surface area contributed by atoms with Crippen LogP contribution in [0.4, 0.5) is 11.4 Å². The van der Waals surface area contributed by atoms with Gasteiger partial charge in [0.05, 0.1) is 11.4 Å². The molecule has 0 saturated heterocycles. The van der Waals surface area contributed by atoms with Crippen molar-refractivity contribution < 1.29 is 0 Å². The van der Waals surface area contributed by atoms with Gasteiger partial charge in [-0.3, -0.25) is 0 Å². The van der Waals surface area contributed by atoms with E-state index in [9.17, 15) is 0 Å². The van der Waals surface area contributed by atoms with Crippen molar-refractivity contribution in [2.45, 2.75) is 32.2 Å². The van der Waals surface area contributed by atoms with Crippen LogP contribution in [-0.2, 0) is 0 Å². The highest BCUT2D eigenvalue weighted by Gasteiger charge is 2.20. The van der Waals surface area contributed by atoms with E-state index in [1.807, 2.05) is 0 Å². The highest BCUT2D eigenvalue weighted by molar-refractivity contribution is 5.72. The van der Waals surface area contributed by atoms with E-state index >= 15 is 0 Å². The second-order valence-electron chi connectivity index (χ2n) is 5.99. The Labute approximate surface area is 111 Å². The van der Waals surface area contributed by atoms with E-state index < -0.39 is 0 Å². The molecule has 0 atom stereocenters. The van der Waals surface area contributed by atoms with Crippen molar-refractivity contribution in [3.05, 3.63) is 24.3 Å². The summed E-state index contributed by atoms with van der Waals surface area (Å²) < 4.78 is 0. The molecular weight excluding hydrogens is 222 g/mol. The zero-order chi connectivity index (χ0) is 13.2. The van der Waals surface area contributed by atoms with E-state index in [0.29, 0.717) is 0 Å². The second-order valence-corrected chi connectivity index (χ2v) is 5.99. The molecule has 0 amide bonds. The normalized spacial score (nSPS) is 15.8. The van der Waals surface area contributed by atoms with Crippen LogP contribution in [0.5, 0.6) is 0 Å². The topological polar surface area (TPSA) is 32.5 Å². The van der Waals surface area contributed by atoms with Gasteiger partial charge in [0.15, 0.2) is 0 Å². The standard InChI is InChI=1S/C15H25N3/c1-15(2,16)9-6-10-18-12-11-17(3)13-7-4-5-8-14(13)18/h4-5,7-8H,6,9-12,16H2,1-3H3. The molecule has 0 spiro atoms. The maximum absolute atomic E-state index is 6.04. The zero-order valence-electron chi connectivity index (χ0n) is 11.8. The Bertz CT molecular complexity index is 395. The molecule has 0 unspecified atom stereocenters. The predicted molar refractivity (Wildman–Crippen MR) is 79.4 cm³/mol. The Kier molecular flexibility index (Phi) is 3.81. The number of nitrogens with zero attached hydrogens (tertiary/aromatic N) is 2. The molecule has 3 nitrogen and oxygen atoms in total. The molecule has 0 bridgehead atoms. The first-order chi connectivity index (χ1) is 8.47. The van der Waals surface area contributed by atoms with Crippen molar-refractivity contribution in [3.63, 3.8) is 0 Å². The average Bonchev–Trinajstić information content (AvgIpc) is 2.31. The van der Waals surface area contributed by atoms with Crippen LogP contribution in [0.15, 0.2) is 24.3 Å². The molecule has 1 aromatic carbocycles. The van der Waals surface area contributed by atoms with Gasteiger partial charge in [0.25, 0.3) is 0 Å². The Balaban J connectivity index is 2.01. The number of nitrogens with two attached hydrogens (primary N) is 1. The minimum atomic E-state index is -0.0495. The smallest absolute Gasteiger partial charge is 0.0604 e. The summed E-state index contributed by atoms with van der Waals surface area (Å²) in [5.74, 6) is 0. The van der Waals surface area contributed by atoms with E-state index in [2.05, 4.69) is 55.0 Å². The van der Waals surface area contributed by atoms with Crippen LogP contribution in [0.25, 0.3) is 0 Å². The van der Waals surface area contributed by atoms with Gasteiger partial charge in [0, 0.05) is 32.2 Å². The van der Waals surface area contributed by atoms with Gasteiger partial charge >= 0.3 is 0 Å². The lowest BCUT2D eigenvalue weighted by Gasteiger charge is -2.37. The monoisotopic (exact) mass is 247 g/mol. The van der Waals surface area contributed by atoms with Crippen LogP contribution in [0.3, 0.4) is 0 Å². The molecular formula is C15H25N3. The van der Waals surface area contributed by atoms with E-state index in [1.54, 1.807) is 0 Å². The molecule has 3 heteroatoms. The van der Waals surface area contributed by atoms with Crippen LogP contribution in [-0.4, -0.2) is 32.2 Å². The Morgan fingerprint density at radius 3 is 2.50 bits per heavy atom. The molecule has 1 aliphatic rings. The second kappa shape index (κ2) is 5.19. The van der Waals surface area contributed by atoms with Crippen LogP contribution in [0.1, 0.15) is 26.7 Å². The third-order valence-electron chi connectivity index (χ3n) is 3.59.